The van der Waals surface area contributed by atoms with Crippen LogP contribution in [-0.2, 0) is 29.3 Å². The third-order valence-corrected chi connectivity index (χ3v) is 13.4. The number of methoxy groups -OCH3 is 2. The van der Waals surface area contributed by atoms with Gasteiger partial charge in [0.1, 0.15) is 5.75 Å². The van der Waals surface area contributed by atoms with Crippen molar-refractivity contribution in [3.8, 4) is 17.2 Å². The van der Waals surface area contributed by atoms with Crippen molar-refractivity contribution in [3.63, 3.8) is 0 Å². The molecule has 308 valence electrons. The molecule has 6 atom stereocenters. The zero-order chi connectivity index (χ0) is 41.9. The monoisotopic (exact) mass is 848 g/mol. The van der Waals surface area contributed by atoms with E-state index in [2.05, 4.69) is 10.3 Å². The summed E-state index contributed by atoms with van der Waals surface area (Å²) >= 11 is 12.8. The predicted molar refractivity (Wildman–Crippen MR) is 227 cm³/mol. The number of phenolic OH excluding ortho intramolecular Hbond substituents is 1. The average molecular weight is 850 g/mol. The van der Waals surface area contributed by atoms with E-state index in [4.69, 9.17) is 37.4 Å². The summed E-state index contributed by atoms with van der Waals surface area (Å²) in [4.78, 5) is 63.1. The molecule has 3 aliphatic heterocycles. The zero-order valence-electron chi connectivity index (χ0n) is 32.8. The number of carbonyl (C=O) groups excluding carboxylic acids is 4. The number of carbonyl (C=O) groups is 4. The van der Waals surface area contributed by atoms with Crippen LogP contribution in [0.4, 0.5) is 17.1 Å². The summed E-state index contributed by atoms with van der Waals surface area (Å²) in [6.45, 7) is 2.75. The Labute approximate surface area is 356 Å². The number of allylic oxidation sites excluding steroid dienone is 3. The Morgan fingerprint density at radius 2 is 1.57 bits per heavy atom. The Morgan fingerprint density at radius 3 is 2.27 bits per heavy atom. The van der Waals surface area contributed by atoms with Crippen LogP contribution in [-0.4, -0.2) is 74.3 Å². The van der Waals surface area contributed by atoms with Crippen LogP contribution in [0.15, 0.2) is 103 Å². The number of phenols is 1. The molecule has 6 unspecified atom stereocenters. The molecule has 0 aromatic heterocycles. The molecule has 12 nitrogen and oxygen atoms in total. The minimum atomic E-state index is -1.51. The summed E-state index contributed by atoms with van der Waals surface area (Å²) in [5.41, 5.74) is 5.32. The number of fused-ring (bicyclic) bond motifs is 4. The summed E-state index contributed by atoms with van der Waals surface area (Å²) in [6, 6.07) is 24.2. The molecule has 0 radical (unpaired) electrons. The summed E-state index contributed by atoms with van der Waals surface area (Å²) in [5.74, 6) is -4.58. The summed E-state index contributed by atoms with van der Waals surface area (Å²) < 4.78 is 16.4. The van der Waals surface area contributed by atoms with Gasteiger partial charge >= 0.3 is 0 Å². The fourth-order valence-electron chi connectivity index (χ4n) is 9.98. The number of amides is 4. The van der Waals surface area contributed by atoms with Gasteiger partial charge in [-0.25, -0.2) is 0 Å². The second-order valence-electron chi connectivity index (χ2n) is 15.7. The maximum absolute atomic E-state index is 15.5. The normalized spacial score (nSPS) is 26.2. The quantitative estimate of drug-likeness (QED) is 0.131. The highest BCUT2D eigenvalue weighted by molar-refractivity contribution is 6.36. The molecule has 3 heterocycles. The van der Waals surface area contributed by atoms with Crippen molar-refractivity contribution < 1.29 is 38.5 Å². The fourth-order valence-corrected chi connectivity index (χ4v) is 10.4. The molecule has 4 aromatic rings. The number of aromatic hydroxyl groups is 1. The van der Waals surface area contributed by atoms with Gasteiger partial charge in [0.05, 0.1) is 67.0 Å². The third kappa shape index (κ3) is 6.40. The molecule has 4 aromatic carbocycles. The van der Waals surface area contributed by atoms with Crippen LogP contribution in [0.5, 0.6) is 17.2 Å². The maximum atomic E-state index is 15.5. The molecule has 60 heavy (non-hydrogen) atoms. The number of hydrazine groups is 1. The van der Waals surface area contributed by atoms with E-state index in [1.807, 2.05) is 42.5 Å². The first kappa shape index (κ1) is 39.6. The second kappa shape index (κ2) is 15.7. The number of hydrogen-bond acceptors (Lipinski definition) is 10. The lowest BCUT2D eigenvalue weighted by Crippen LogP contribution is -2.54. The number of nitrogens with zero attached hydrogens (tertiary/aromatic N) is 3. The number of rotatable bonds is 9. The number of imide groups is 2. The van der Waals surface area contributed by atoms with E-state index in [9.17, 15) is 14.7 Å². The first-order chi connectivity index (χ1) is 29.0. The van der Waals surface area contributed by atoms with E-state index in [1.54, 1.807) is 55.6 Å². The Balaban J connectivity index is 1.16. The van der Waals surface area contributed by atoms with Gasteiger partial charge in [-0.2, -0.15) is 5.01 Å². The molecule has 1 saturated carbocycles. The molecule has 0 spiro atoms. The van der Waals surface area contributed by atoms with Crippen LogP contribution >= 0.6 is 23.2 Å². The second-order valence-corrected chi connectivity index (χ2v) is 16.5. The molecular formula is C46H42Cl2N4O8. The van der Waals surface area contributed by atoms with Crippen molar-refractivity contribution in [1.82, 2.24) is 5.01 Å². The fraction of sp³-hybridized carbons (Fsp3) is 0.304. The van der Waals surface area contributed by atoms with Gasteiger partial charge in [-0.15, -0.1) is 0 Å². The molecule has 14 heteroatoms. The van der Waals surface area contributed by atoms with E-state index >= 15 is 9.59 Å². The number of nitrogens with one attached hydrogen (secondary N) is 1. The molecule has 2 N–H and O–H groups in total. The van der Waals surface area contributed by atoms with Crippen molar-refractivity contribution in [1.29, 1.82) is 0 Å². The highest BCUT2D eigenvalue weighted by Crippen LogP contribution is 2.62. The van der Waals surface area contributed by atoms with Crippen LogP contribution in [0, 0.1) is 29.6 Å². The summed E-state index contributed by atoms with van der Waals surface area (Å²) in [7, 11) is 3.01. The SMILES string of the molecule is COc1ccc(C23C(=O)N(Nc4ccc(Cl)cc4Cl)C(=O)C2CC2C(=CCC4C(=O)N(c5ccc(N6CCOCC6)cc5)C(=O)C42)C3C=Cc2ccc(O)c(OC)c2)cc1. The van der Waals surface area contributed by atoms with Gasteiger partial charge in [0.25, 0.3) is 11.8 Å². The van der Waals surface area contributed by atoms with Gasteiger partial charge in [-0.1, -0.05) is 65.2 Å². The van der Waals surface area contributed by atoms with E-state index in [1.165, 1.54) is 24.1 Å². The topological polar surface area (TPSA) is 138 Å². The molecule has 0 bridgehead atoms. The van der Waals surface area contributed by atoms with Gasteiger partial charge < -0.3 is 24.2 Å². The Kier molecular flexibility index (Phi) is 10.3. The Bertz CT molecular complexity index is 2450. The van der Waals surface area contributed by atoms with E-state index in [-0.39, 0.29) is 41.2 Å². The molecule has 2 aliphatic carbocycles. The lowest BCUT2D eigenvalue weighted by molar-refractivity contribution is -0.139. The number of benzene rings is 4. The lowest BCUT2D eigenvalue weighted by Gasteiger charge is -2.49. The van der Waals surface area contributed by atoms with Crippen LogP contribution in [0.3, 0.4) is 0 Å². The Morgan fingerprint density at radius 1 is 0.833 bits per heavy atom. The minimum Gasteiger partial charge on any atom is -0.504 e. The van der Waals surface area contributed by atoms with Crippen molar-refractivity contribution in [3.05, 3.63) is 124 Å². The van der Waals surface area contributed by atoms with Crippen LogP contribution in [0.25, 0.3) is 6.08 Å². The lowest BCUT2D eigenvalue weighted by atomic mass is 9.50. The van der Waals surface area contributed by atoms with Crippen molar-refractivity contribution in [2.75, 3.05) is 55.7 Å². The molecule has 9 rings (SSSR count). The van der Waals surface area contributed by atoms with Crippen LogP contribution in [0.2, 0.25) is 10.0 Å². The largest absolute Gasteiger partial charge is 0.504 e. The molecule has 4 amide bonds. The van der Waals surface area contributed by atoms with E-state index < -0.39 is 46.8 Å². The standard InChI is InChI=1S/C46H42Cl2N4O8/c1-58-31-12-5-27(6-13-31)46-35(16-3-26-4-18-39(53)40(23-26)59-2)32-14-15-33-41(44(56)51(42(33)54)30-10-8-29(9-11-30)50-19-21-60-22-20-50)34(32)25-36(46)43(55)52(45(46)57)49-38-17-7-28(47)24-37(38)48/h3-14,16-18,23-24,33-36,41,49,53H,15,19-22,25H2,1-2H3. The molecule has 3 saturated heterocycles. The molecule has 5 aliphatic rings. The zero-order valence-corrected chi connectivity index (χ0v) is 34.4. The van der Waals surface area contributed by atoms with Crippen LogP contribution < -0.4 is 24.7 Å². The maximum Gasteiger partial charge on any atom is 0.260 e. The number of morpholine rings is 1. The smallest absolute Gasteiger partial charge is 0.260 e. The van der Waals surface area contributed by atoms with Crippen LogP contribution in [0.1, 0.15) is 24.0 Å². The molecular weight excluding hydrogens is 807 g/mol. The number of hydrogen-bond donors (Lipinski definition) is 2. The first-order valence-corrected chi connectivity index (χ1v) is 20.6. The van der Waals surface area contributed by atoms with Gasteiger partial charge in [-0.3, -0.25) is 29.5 Å². The summed E-state index contributed by atoms with van der Waals surface area (Å²) in [6.07, 6.45) is 6.12. The van der Waals surface area contributed by atoms with Gasteiger partial charge in [-0.05, 0) is 96.6 Å². The Hall–Kier alpha value is -5.82. The van der Waals surface area contributed by atoms with Crippen molar-refractivity contribution >= 4 is 70.0 Å². The van der Waals surface area contributed by atoms with Gasteiger partial charge in [0.2, 0.25) is 11.8 Å². The minimum absolute atomic E-state index is 0.0352. The van der Waals surface area contributed by atoms with Gasteiger partial charge in [0, 0.05) is 29.7 Å². The van der Waals surface area contributed by atoms with E-state index in [0.717, 1.165) is 29.4 Å². The van der Waals surface area contributed by atoms with Gasteiger partial charge in [0.15, 0.2) is 11.5 Å². The first-order valence-electron chi connectivity index (χ1n) is 19.9. The number of anilines is 3. The predicted octanol–water partition coefficient (Wildman–Crippen LogP) is 7.29. The number of halogens is 2. The average Bonchev–Trinajstić information content (AvgIpc) is 3.65. The summed E-state index contributed by atoms with van der Waals surface area (Å²) in [5, 5.41) is 12.0. The number of ether oxygens (including phenoxy) is 3. The third-order valence-electron chi connectivity index (χ3n) is 12.8. The highest BCUT2D eigenvalue weighted by atomic mass is 35.5. The highest BCUT2D eigenvalue weighted by Gasteiger charge is 2.69. The van der Waals surface area contributed by atoms with E-state index in [0.29, 0.717) is 46.5 Å². The molecule has 4 fully saturated rings. The van der Waals surface area contributed by atoms with Crippen molar-refractivity contribution in [2.45, 2.75) is 18.3 Å². The van der Waals surface area contributed by atoms with Crippen molar-refractivity contribution in [2.24, 2.45) is 29.6 Å².